The Morgan fingerprint density at radius 3 is 2.23 bits per heavy atom. The molecule has 5 rings (SSSR count). The lowest BCUT2D eigenvalue weighted by atomic mass is 9.82. The first-order chi connectivity index (χ1) is 16.8. The summed E-state index contributed by atoms with van der Waals surface area (Å²) in [7, 11) is 1.76. The molecule has 35 heavy (non-hydrogen) atoms. The molecule has 3 amide bonds. The summed E-state index contributed by atoms with van der Waals surface area (Å²) < 4.78 is 3.19. The van der Waals surface area contributed by atoms with Crippen molar-refractivity contribution in [1.29, 1.82) is 0 Å². The van der Waals surface area contributed by atoms with Crippen LogP contribution in [0.1, 0.15) is 35.8 Å². The van der Waals surface area contributed by atoms with Crippen LogP contribution in [0.4, 0.5) is 11.4 Å². The van der Waals surface area contributed by atoms with E-state index in [2.05, 4.69) is 5.32 Å². The van der Waals surface area contributed by atoms with Crippen LogP contribution in [-0.2, 0) is 16.6 Å². The Bertz CT molecular complexity index is 1430. The zero-order valence-electron chi connectivity index (χ0n) is 19.8. The quantitative estimate of drug-likeness (QED) is 0.466. The summed E-state index contributed by atoms with van der Waals surface area (Å²) >= 11 is 0. The lowest BCUT2D eigenvalue weighted by Gasteiger charge is -2.18. The summed E-state index contributed by atoms with van der Waals surface area (Å²) in [5, 5.41) is 2.73. The van der Waals surface area contributed by atoms with Crippen molar-refractivity contribution in [1.82, 2.24) is 9.36 Å². The third-order valence-electron chi connectivity index (χ3n) is 7.00. The maximum atomic E-state index is 13.1. The number of para-hydroxylation sites is 1. The number of nitrogens with one attached hydrogen (secondary N) is 1. The number of nitrogens with zero attached hydrogens (tertiary/aromatic N) is 3. The number of imide groups is 1. The third kappa shape index (κ3) is 3.71. The van der Waals surface area contributed by atoms with E-state index in [1.54, 1.807) is 42.9 Å². The molecule has 0 unspecified atom stereocenters. The number of carbonyl (C=O) groups is 3. The lowest BCUT2D eigenvalue weighted by Crippen LogP contribution is -2.31. The predicted octanol–water partition coefficient (Wildman–Crippen LogP) is 3.58. The van der Waals surface area contributed by atoms with Gasteiger partial charge in [-0.05, 0) is 63.1 Å². The Morgan fingerprint density at radius 2 is 1.54 bits per heavy atom. The molecule has 0 saturated carbocycles. The normalized spacial score (nSPS) is 19.5. The standard InChI is InChI=1S/C27H26N4O4/c1-16-9-14-21-22(15-16)26(34)30(25(21)33)19-12-10-18(11-13-19)24(32)28-23-17(2)29(3)31(27(23)35)20-7-5-4-6-8-20/h4-13,21-22H,14-15H2,1-3H3,(H,28,32)/t21-,22-/m1/s1. The molecule has 1 aliphatic heterocycles. The molecule has 2 aliphatic rings. The third-order valence-corrected chi connectivity index (χ3v) is 7.00. The highest BCUT2D eigenvalue weighted by Gasteiger charge is 2.48. The number of aromatic nitrogens is 2. The van der Waals surface area contributed by atoms with Crippen molar-refractivity contribution < 1.29 is 14.4 Å². The van der Waals surface area contributed by atoms with Gasteiger partial charge in [-0.1, -0.05) is 29.8 Å². The zero-order valence-corrected chi connectivity index (χ0v) is 19.8. The van der Waals surface area contributed by atoms with Crippen LogP contribution in [0.2, 0.25) is 0 Å². The number of allylic oxidation sites excluding steroid dienone is 2. The average molecular weight is 471 g/mol. The minimum Gasteiger partial charge on any atom is -0.316 e. The van der Waals surface area contributed by atoms with Gasteiger partial charge < -0.3 is 5.32 Å². The summed E-state index contributed by atoms with van der Waals surface area (Å²) in [4.78, 5) is 53.1. The minimum atomic E-state index is -0.449. The van der Waals surface area contributed by atoms with Crippen LogP contribution in [0.15, 0.2) is 71.0 Å². The van der Waals surface area contributed by atoms with E-state index in [-0.39, 0.29) is 34.9 Å². The number of rotatable bonds is 4. The summed E-state index contributed by atoms with van der Waals surface area (Å²) in [6.07, 6.45) is 3.21. The second kappa shape index (κ2) is 8.54. The second-order valence-corrected chi connectivity index (χ2v) is 9.15. The fraction of sp³-hybridized carbons (Fsp3) is 0.259. The van der Waals surface area contributed by atoms with Crippen LogP contribution in [0, 0.1) is 18.8 Å². The summed E-state index contributed by atoms with van der Waals surface area (Å²) in [5.41, 5.74) is 3.07. The summed E-state index contributed by atoms with van der Waals surface area (Å²) in [5.74, 6) is -1.46. The zero-order chi connectivity index (χ0) is 24.9. The molecule has 1 saturated heterocycles. The van der Waals surface area contributed by atoms with Crippen LogP contribution >= 0.6 is 0 Å². The second-order valence-electron chi connectivity index (χ2n) is 9.15. The number of anilines is 2. The summed E-state index contributed by atoms with van der Waals surface area (Å²) in [6.45, 7) is 3.74. The molecule has 1 fully saturated rings. The Kier molecular flexibility index (Phi) is 5.51. The Morgan fingerprint density at radius 1 is 0.886 bits per heavy atom. The molecule has 0 radical (unpaired) electrons. The largest absolute Gasteiger partial charge is 0.316 e. The van der Waals surface area contributed by atoms with Crippen LogP contribution in [0.5, 0.6) is 0 Å². The van der Waals surface area contributed by atoms with Gasteiger partial charge in [0.2, 0.25) is 11.8 Å². The SMILES string of the molecule is CC1=CC[C@H]2C(=O)N(c3ccc(C(=O)Nc4c(C)n(C)n(-c5ccccc5)c4=O)cc3)C(=O)[C@@H]2C1. The molecule has 1 N–H and O–H groups in total. The van der Waals surface area contributed by atoms with Crippen molar-refractivity contribution in [2.75, 3.05) is 10.2 Å². The van der Waals surface area contributed by atoms with Crippen LogP contribution < -0.4 is 15.8 Å². The molecule has 1 aliphatic carbocycles. The number of fused-ring (bicyclic) bond motifs is 1. The van der Waals surface area contributed by atoms with Crippen LogP contribution in [0.25, 0.3) is 5.69 Å². The molecular formula is C27H26N4O4. The molecule has 178 valence electrons. The van der Waals surface area contributed by atoms with Gasteiger partial charge in [0, 0.05) is 12.6 Å². The molecule has 0 bridgehead atoms. The molecule has 0 spiro atoms. The van der Waals surface area contributed by atoms with Crippen molar-refractivity contribution in [3.63, 3.8) is 0 Å². The minimum absolute atomic E-state index is 0.189. The first kappa shape index (κ1) is 22.6. The molecule has 3 aromatic rings. The van der Waals surface area contributed by atoms with Gasteiger partial charge in [0.15, 0.2) is 0 Å². The van der Waals surface area contributed by atoms with Gasteiger partial charge in [-0.15, -0.1) is 0 Å². The van der Waals surface area contributed by atoms with Crippen molar-refractivity contribution >= 4 is 29.1 Å². The fourth-order valence-corrected chi connectivity index (χ4v) is 4.95. The van der Waals surface area contributed by atoms with Crippen molar-refractivity contribution in [3.05, 3.63) is 87.9 Å². The highest BCUT2D eigenvalue weighted by atomic mass is 16.2. The maximum absolute atomic E-state index is 13.1. The van der Waals surface area contributed by atoms with E-state index in [0.717, 1.165) is 5.57 Å². The topological polar surface area (TPSA) is 93.4 Å². The number of benzene rings is 2. The van der Waals surface area contributed by atoms with Gasteiger partial charge in [0.1, 0.15) is 5.69 Å². The van der Waals surface area contributed by atoms with E-state index in [9.17, 15) is 19.2 Å². The van der Waals surface area contributed by atoms with E-state index in [4.69, 9.17) is 0 Å². The first-order valence-electron chi connectivity index (χ1n) is 11.6. The van der Waals surface area contributed by atoms with Crippen molar-refractivity contribution in [2.45, 2.75) is 26.7 Å². The van der Waals surface area contributed by atoms with Gasteiger partial charge in [-0.3, -0.25) is 28.8 Å². The molecule has 2 atom stereocenters. The molecule has 8 heteroatoms. The maximum Gasteiger partial charge on any atom is 0.295 e. The van der Waals surface area contributed by atoms with Crippen molar-refractivity contribution in [2.24, 2.45) is 18.9 Å². The van der Waals surface area contributed by atoms with E-state index in [1.165, 1.54) is 9.58 Å². The Hall–Kier alpha value is -4.20. The molecule has 2 aromatic carbocycles. The molecule has 8 nitrogen and oxygen atoms in total. The number of hydrogen-bond acceptors (Lipinski definition) is 4. The van der Waals surface area contributed by atoms with E-state index < -0.39 is 5.91 Å². The lowest BCUT2D eigenvalue weighted by molar-refractivity contribution is -0.122. The average Bonchev–Trinajstić information content (AvgIpc) is 3.23. The van der Waals surface area contributed by atoms with E-state index >= 15 is 0 Å². The van der Waals surface area contributed by atoms with E-state index in [1.807, 2.05) is 43.3 Å². The van der Waals surface area contributed by atoms with Crippen LogP contribution in [-0.4, -0.2) is 27.1 Å². The van der Waals surface area contributed by atoms with Gasteiger partial charge in [-0.2, -0.15) is 0 Å². The molecule has 2 heterocycles. The van der Waals surface area contributed by atoms with Crippen LogP contribution in [0.3, 0.4) is 0 Å². The number of carbonyl (C=O) groups excluding carboxylic acids is 3. The molecule has 1 aromatic heterocycles. The highest BCUT2D eigenvalue weighted by Crippen LogP contribution is 2.39. The van der Waals surface area contributed by atoms with Crippen molar-refractivity contribution in [3.8, 4) is 5.69 Å². The Balaban J connectivity index is 1.37. The predicted molar refractivity (Wildman–Crippen MR) is 133 cm³/mol. The monoisotopic (exact) mass is 470 g/mol. The Labute approximate surface area is 202 Å². The number of amides is 3. The molecular weight excluding hydrogens is 444 g/mol. The first-order valence-corrected chi connectivity index (χ1v) is 11.6. The smallest absolute Gasteiger partial charge is 0.295 e. The number of hydrogen-bond donors (Lipinski definition) is 1. The fourth-order valence-electron chi connectivity index (χ4n) is 4.95. The van der Waals surface area contributed by atoms with Gasteiger partial charge >= 0.3 is 0 Å². The summed E-state index contributed by atoms with van der Waals surface area (Å²) in [6, 6.07) is 15.5. The van der Waals surface area contributed by atoms with Gasteiger partial charge in [0.05, 0.1) is 28.9 Å². The van der Waals surface area contributed by atoms with E-state index in [0.29, 0.717) is 35.5 Å². The van der Waals surface area contributed by atoms with Gasteiger partial charge in [0.25, 0.3) is 11.5 Å². The highest BCUT2D eigenvalue weighted by molar-refractivity contribution is 6.22. The van der Waals surface area contributed by atoms with Gasteiger partial charge in [-0.25, -0.2) is 4.68 Å².